The first-order valence-electron chi connectivity index (χ1n) is 14.2. The van der Waals surface area contributed by atoms with Crippen LogP contribution in [0, 0.1) is 35.0 Å². The molecule has 2 aliphatic heterocycles. The second kappa shape index (κ2) is 8.28. The number of ketones is 1. The van der Waals surface area contributed by atoms with E-state index in [1.54, 1.807) is 11.1 Å². The molecule has 6 aliphatic rings. The van der Waals surface area contributed by atoms with E-state index >= 15 is 0 Å². The van der Waals surface area contributed by atoms with E-state index in [9.17, 15) is 9.90 Å². The van der Waals surface area contributed by atoms with Crippen molar-refractivity contribution in [2.24, 2.45) is 35.0 Å². The van der Waals surface area contributed by atoms with Gasteiger partial charge in [0, 0.05) is 37.9 Å². The van der Waals surface area contributed by atoms with Crippen LogP contribution < -0.4 is 0 Å². The topological polar surface area (TPSA) is 49.8 Å². The number of carbonyl (C=O) groups is 1. The first-order chi connectivity index (χ1) is 16.3. The van der Waals surface area contributed by atoms with Crippen molar-refractivity contribution in [1.82, 2.24) is 4.90 Å². The fourth-order valence-electron chi connectivity index (χ4n) is 9.81. The Balaban J connectivity index is 1.28. The van der Waals surface area contributed by atoms with Gasteiger partial charge in [-0.1, -0.05) is 43.6 Å². The van der Waals surface area contributed by atoms with Gasteiger partial charge in [-0.25, -0.2) is 0 Å². The summed E-state index contributed by atoms with van der Waals surface area (Å²) in [6.45, 7) is 11.8. The van der Waals surface area contributed by atoms with Crippen LogP contribution in [-0.2, 0) is 9.53 Å². The molecule has 0 amide bonds. The van der Waals surface area contributed by atoms with E-state index < -0.39 is 0 Å². The quantitative estimate of drug-likeness (QED) is 0.560. The van der Waals surface area contributed by atoms with Gasteiger partial charge in [0.25, 0.3) is 0 Å². The molecule has 9 atom stereocenters. The van der Waals surface area contributed by atoms with Crippen LogP contribution in [0.3, 0.4) is 0 Å². The summed E-state index contributed by atoms with van der Waals surface area (Å²) in [4.78, 5) is 14.7. The summed E-state index contributed by atoms with van der Waals surface area (Å²) in [5, 5.41) is 9.72. The molecule has 1 spiro atoms. The number of nitrogens with zero attached hydrogens (tertiary/aromatic N) is 1. The Labute approximate surface area is 206 Å². The van der Waals surface area contributed by atoms with Gasteiger partial charge in [0.2, 0.25) is 0 Å². The van der Waals surface area contributed by atoms with Gasteiger partial charge in [0.15, 0.2) is 0 Å². The van der Waals surface area contributed by atoms with E-state index in [-0.39, 0.29) is 17.6 Å². The molecule has 0 aromatic carbocycles. The molecule has 4 fully saturated rings. The molecule has 6 rings (SSSR count). The average Bonchev–Trinajstić information content (AvgIpc) is 3.25. The van der Waals surface area contributed by atoms with Crippen LogP contribution in [0.1, 0.15) is 85.5 Å². The summed E-state index contributed by atoms with van der Waals surface area (Å²) in [5.41, 5.74) is 5.03. The van der Waals surface area contributed by atoms with Crippen molar-refractivity contribution in [3.05, 3.63) is 22.8 Å². The number of aliphatic hydroxyl groups is 1. The van der Waals surface area contributed by atoms with Gasteiger partial charge in [-0.2, -0.15) is 0 Å². The third-order valence-electron chi connectivity index (χ3n) is 11.5. The Morgan fingerprint density at radius 1 is 1.26 bits per heavy atom. The highest BCUT2D eigenvalue weighted by Crippen LogP contribution is 2.63. The highest BCUT2D eigenvalue weighted by Gasteiger charge is 2.59. The predicted octanol–water partition coefficient (Wildman–Crippen LogP) is 5.30. The molecule has 0 unspecified atom stereocenters. The highest BCUT2D eigenvalue weighted by atomic mass is 16.5. The molecular formula is C30H45NO3. The van der Waals surface area contributed by atoms with Crippen LogP contribution in [0.25, 0.3) is 0 Å². The molecule has 4 aliphatic carbocycles. The van der Waals surface area contributed by atoms with Gasteiger partial charge in [-0.3, -0.25) is 9.69 Å². The molecule has 0 radical (unpaired) electrons. The van der Waals surface area contributed by atoms with Crippen LogP contribution in [0.15, 0.2) is 22.8 Å². The van der Waals surface area contributed by atoms with Crippen molar-refractivity contribution in [3.8, 4) is 0 Å². The minimum atomic E-state index is -0.0408. The smallest absolute Gasteiger partial charge is 0.136 e. The second-order valence-corrected chi connectivity index (χ2v) is 13.3. The third-order valence-corrected chi connectivity index (χ3v) is 11.5. The Morgan fingerprint density at radius 3 is 2.88 bits per heavy atom. The minimum absolute atomic E-state index is 0.0408. The molecule has 2 heterocycles. The minimum Gasteiger partial charge on any atom is -0.395 e. The Kier molecular flexibility index (Phi) is 5.71. The van der Waals surface area contributed by atoms with Crippen molar-refractivity contribution in [1.29, 1.82) is 0 Å². The molecule has 34 heavy (non-hydrogen) atoms. The number of aliphatic hydroxyl groups excluding tert-OH is 1. The number of carbonyl (C=O) groups excluding carboxylic acids is 1. The number of Topliss-reactive ketones (excluding diaryl/α,β-unsaturated/α-hetero) is 1. The highest BCUT2D eigenvalue weighted by molar-refractivity contribution is 5.82. The zero-order chi connectivity index (χ0) is 23.8. The van der Waals surface area contributed by atoms with E-state index in [1.165, 1.54) is 31.3 Å². The van der Waals surface area contributed by atoms with Crippen LogP contribution in [0.2, 0.25) is 0 Å². The lowest BCUT2D eigenvalue weighted by Crippen LogP contribution is -2.52. The standard InChI is InChI=1S/C30H45NO3/c1-18-13-27-28(31(17-18)11-12-32)20(3)30(34-27)10-8-23-24-6-5-21-14-22(33)7-9-29(21,4)26(24)15-25(23)19(2)16-30/h5,18,20,23-24,26-28,32H,6-17H2,1-4H3/t18-,20+,23-,24-,26-,27+,28-,29-,30-/m0/s1. The van der Waals surface area contributed by atoms with Crippen molar-refractivity contribution < 1.29 is 14.6 Å². The van der Waals surface area contributed by atoms with Gasteiger partial charge < -0.3 is 9.84 Å². The van der Waals surface area contributed by atoms with Crippen molar-refractivity contribution in [2.45, 2.75) is 103 Å². The second-order valence-electron chi connectivity index (χ2n) is 13.3. The van der Waals surface area contributed by atoms with Crippen molar-refractivity contribution in [3.63, 3.8) is 0 Å². The number of piperidine rings is 1. The molecule has 4 nitrogen and oxygen atoms in total. The maximum atomic E-state index is 12.2. The van der Waals surface area contributed by atoms with Gasteiger partial charge in [0.05, 0.1) is 18.3 Å². The summed E-state index contributed by atoms with van der Waals surface area (Å²) in [6, 6.07) is 0.450. The maximum Gasteiger partial charge on any atom is 0.136 e. The zero-order valence-corrected chi connectivity index (χ0v) is 21.8. The van der Waals surface area contributed by atoms with Gasteiger partial charge >= 0.3 is 0 Å². The molecule has 2 saturated carbocycles. The molecule has 4 heteroatoms. The van der Waals surface area contributed by atoms with Crippen molar-refractivity contribution in [2.75, 3.05) is 19.7 Å². The first-order valence-corrected chi connectivity index (χ1v) is 14.2. The summed E-state index contributed by atoms with van der Waals surface area (Å²) in [7, 11) is 0. The number of hydrogen-bond donors (Lipinski definition) is 1. The number of likely N-dealkylation sites (tertiary alicyclic amines) is 1. The normalized spacial score (nSPS) is 48.8. The maximum absolute atomic E-state index is 12.2. The summed E-state index contributed by atoms with van der Waals surface area (Å²) in [6.07, 6.45) is 12.4. The van der Waals surface area contributed by atoms with E-state index in [1.807, 2.05) is 0 Å². The lowest BCUT2D eigenvalue weighted by molar-refractivity contribution is -0.121. The Bertz CT molecular complexity index is 922. The van der Waals surface area contributed by atoms with Crippen LogP contribution in [0.5, 0.6) is 0 Å². The summed E-state index contributed by atoms with van der Waals surface area (Å²) in [5.74, 6) is 3.74. The molecule has 0 bridgehead atoms. The predicted molar refractivity (Wildman–Crippen MR) is 134 cm³/mol. The van der Waals surface area contributed by atoms with E-state index in [0.717, 1.165) is 50.6 Å². The van der Waals surface area contributed by atoms with E-state index in [2.05, 4.69) is 38.7 Å². The van der Waals surface area contributed by atoms with Gasteiger partial charge in [-0.05, 0) is 81.0 Å². The number of β-amino-alcohol motifs (C(OH)–C–C–N with tert-alkyl or cyclic N) is 1. The Morgan fingerprint density at radius 2 is 2.09 bits per heavy atom. The van der Waals surface area contributed by atoms with Gasteiger partial charge in [-0.15, -0.1) is 0 Å². The molecule has 188 valence electrons. The molecule has 0 aromatic heterocycles. The fourth-order valence-corrected chi connectivity index (χ4v) is 9.81. The van der Waals surface area contributed by atoms with Crippen molar-refractivity contribution >= 4 is 5.78 Å². The molecule has 0 aromatic rings. The number of ether oxygens (including phenoxy) is 1. The molecular weight excluding hydrogens is 422 g/mol. The number of allylic oxidation sites excluding steroid dienone is 3. The number of fused-ring (bicyclic) bond motifs is 6. The largest absolute Gasteiger partial charge is 0.395 e. The van der Waals surface area contributed by atoms with Crippen LogP contribution in [0.4, 0.5) is 0 Å². The van der Waals surface area contributed by atoms with E-state index in [4.69, 9.17) is 4.74 Å². The molecule has 2 saturated heterocycles. The van der Waals surface area contributed by atoms with Crippen LogP contribution in [-0.4, -0.2) is 53.2 Å². The zero-order valence-electron chi connectivity index (χ0n) is 21.8. The summed E-state index contributed by atoms with van der Waals surface area (Å²) >= 11 is 0. The first kappa shape index (κ1) is 23.4. The Hall–Kier alpha value is -0.970. The number of rotatable bonds is 2. The fraction of sp³-hybridized carbons (Fsp3) is 0.833. The molecule has 1 N–H and O–H groups in total. The lowest BCUT2D eigenvalue weighted by Gasteiger charge is -2.47. The van der Waals surface area contributed by atoms with E-state index in [0.29, 0.717) is 42.1 Å². The van der Waals surface area contributed by atoms with Crippen LogP contribution >= 0.6 is 0 Å². The monoisotopic (exact) mass is 467 g/mol. The number of hydrogen-bond acceptors (Lipinski definition) is 4. The third kappa shape index (κ3) is 3.38. The lowest BCUT2D eigenvalue weighted by atomic mass is 9.57. The van der Waals surface area contributed by atoms with Gasteiger partial charge in [0.1, 0.15) is 5.78 Å². The summed E-state index contributed by atoms with van der Waals surface area (Å²) < 4.78 is 7.12. The average molecular weight is 468 g/mol. The SMILES string of the molecule is CC1=C2C[C@H]3[C@@H](CC=C4CC(=O)CC[C@@]43C)[C@@H]2CC[C@@]2(C1)O[C@@H]1C[C@H](C)CN(CCO)[C@H]1[C@H]2C.